The van der Waals surface area contributed by atoms with Crippen molar-refractivity contribution >= 4 is 17.8 Å². The largest absolute Gasteiger partial charge is 0.335 e. The van der Waals surface area contributed by atoms with Gasteiger partial charge in [-0.25, -0.2) is 4.79 Å². The molecule has 0 aromatic heterocycles. The summed E-state index contributed by atoms with van der Waals surface area (Å²) in [6.45, 7) is 0.833. The van der Waals surface area contributed by atoms with Crippen LogP contribution in [0.5, 0.6) is 0 Å². The summed E-state index contributed by atoms with van der Waals surface area (Å²) < 4.78 is 0. The minimum atomic E-state index is 0.0888. The lowest BCUT2D eigenvalue weighted by Crippen LogP contribution is -2.42. The summed E-state index contributed by atoms with van der Waals surface area (Å²) in [7, 11) is 1.86. The van der Waals surface area contributed by atoms with Gasteiger partial charge in [0.05, 0.1) is 0 Å². The quantitative estimate of drug-likeness (QED) is 0.779. The predicted octanol–water partition coefficient (Wildman–Crippen LogP) is 1.93. The lowest BCUT2D eigenvalue weighted by Gasteiger charge is -2.20. The van der Waals surface area contributed by atoms with Crippen molar-refractivity contribution in [3.63, 3.8) is 0 Å². The summed E-state index contributed by atoms with van der Waals surface area (Å²) in [5.41, 5.74) is 0. The van der Waals surface area contributed by atoms with Crippen molar-refractivity contribution in [1.29, 1.82) is 0 Å². The molecule has 3 nitrogen and oxygen atoms in total. The van der Waals surface area contributed by atoms with Crippen LogP contribution in [-0.2, 0) is 0 Å². The third-order valence-corrected chi connectivity index (χ3v) is 3.25. The van der Waals surface area contributed by atoms with Gasteiger partial charge in [-0.05, 0) is 19.1 Å². The zero-order chi connectivity index (χ0) is 10.4. The first-order valence-electron chi connectivity index (χ1n) is 5.24. The van der Waals surface area contributed by atoms with Gasteiger partial charge in [0.1, 0.15) is 0 Å². The minimum Gasteiger partial charge on any atom is -0.335 e. The van der Waals surface area contributed by atoms with E-state index in [2.05, 4.69) is 11.6 Å². The van der Waals surface area contributed by atoms with Crippen LogP contribution < -0.4 is 5.32 Å². The van der Waals surface area contributed by atoms with Crippen LogP contribution in [-0.4, -0.2) is 42.6 Å². The molecule has 1 aliphatic carbocycles. The van der Waals surface area contributed by atoms with E-state index in [0.717, 1.165) is 25.1 Å². The highest BCUT2D eigenvalue weighted by Crippen LogP contribution is 2.17. The number of thioether (sulfide) groups is 1. The Morgan fingerprint density at radius 2 is 2.14 bits per heavy atom. The fourth-order valence-corrected chi connectivity index (χ4v) is 2.14. The molecule has 1 fully saturated rings. The molecule has 82 valence electrons. The van der Waals surface area contributed by atoms with Gasteiger partial charge in [-0.15, -0.1) is 0 Å². The minimum absolute atomic E-state index is 0.0888. The second-order valence-electron chi connectivity index (χ2n) is 3.85. The van der Waals surface area contributed by atoms with Crippen LogP contribution in [0.4, 0.5) is 4.79 Å². The van der Waals surface area contributed by atoms with Crippen LogP contribution in [0.15, 0.2) is 0 Å². The molecule has 1 rings (SSSR count). The molecule has 1 N–H and O–H groups in total. The van der Waals surface area contributed by atoms with Crippen LogP contribution in [0.2, 0.25) is 0 Å². The third kappa shape index (κ3) is 3.78. The van der Waals surface area contributed by atoms with Crippen molar-refractivity contribution in [2.24, 2.45) is 0 Å². The molecule has 0 unspecified atom stereocenters. The van der Waals surface area contributed by atoms with Crippen molar-refractivity contribution in [3.05, 3.63) is 0 Å². The first kappa shape index (κ1) is 11.7. The third-order valence-electron chi connectivity index (χ3n) is 2.66. The number of hydrogen-bond acceptors (Lipinski definition) is 2. The van der Waals surface area contributed by atoms with E-state index in [1.165, 1.54) is 12.8 Å². The molecule has 0 saturated heterocycles. The summed E-state index contributed by atoms with van der Waals surface area (Å²) >= 11 is 1.77. The lowest BCUT2D eigenvalue weighted by molar-refractivity contribution is 0.207. The van der Waals surface area contributed by atoms with Crippen molar-refractivity contribution < 1.29 is 4.79 Å². The number of urea groups is 1. The monoisotopic (exact) mass is 216 g/mol. The Hall–Kier alpha value is -0.380. The number of rotatable bonds is 4. The zero-order valence-corrected chi connectivity index (χ0v) is 9.90. The molecule has 1 saturated carbocycles. The highest BCUT2D eigenvalue weighted by atomic mass is 32.2. The molecule has 0 aromatic rings. The van der Waals surface area contributed by atoms with Crippen molar-refractivity contribution in [1.82, 2.24) is 10.2 Å². The molecule has 4 heteroatoms. The van der Waals surface area contributed by atoms with Gasteiger partial charge in [0, 0.05) is 25.4 Å². The van der Waals surface area contributed by atoms with Gasteiger partial charge in [-0.1, -0.05) is 12.8 Å². The molecule has 1 aliphatic rings. The molecule has 0 aliphatic heterocycles. The molecule has 14 heavy (non-hydrogen) atoms. The normalized spacial score (nSPS) is 17.0. The van der Waals surface area contributed by atoms with Crippen molar-refractivity contribution in [3.8, 4) is 0 Å². The Kier molecular flexibility index (Phi) is 5.15. The smallest absolute Gasteiger partial charge is 0.317 e. The number of hydrogen-bond donors (Lipinski definition) is 1. The Morgan fingerprint density at radius 1 is 1.50 bits per heavy atom. The first-order chi connectivity index (χ1) is 6.74. The fourth-order valence-electron chi connectivity index (χ4n) is 1.68. The van der Waals surface area contributed by atoms with Crippen LogP contribution >= 0.6 is 11.8 Å². The lowest BCUT2D eigenvalue weighted by atomic mass is 10.2. The molecule has 0 bridgehead atoms. The van der Waals surface area contributed by atoms with Crippen LogP contribution in [0.25, 0.3) is 0 Å². The van der Waals surface area contributed by atoms with Gasteiger partial charge in [0.25, 0.3) is 0 Å². The molecule has 0 aromatic carbocycles. The van der Waals surface area contributed by atoms with Gasteiger partial charge in [0.2, 0.25) is 0 Å². The Bertz CT molecular complexity index is 181. The Morgan fingerprint density at radius 3 is 2.71 bits per heavy atom. The average Bonchev–Trinajstić information content (AvgIpc) is 2.66. The Balaban J connectivity index is 2.18. The maximum atomic E-state index is 11.6. The van der Waals surface area contributed by atoms with Gasteiger partial charge in [-0.2, -0.15) is 11.8 Å². The van der Waals surface area contributed by atoms with Crippen LogP contribution in [0.3, 0.4) is 0 Å². The molecule has 0 radical (unpaired) electrons. The van der Waals surface area contributed by atoms with E-state index in [9.17, 15) is 4.79 Å². The summed E-state index contributed by atoms with van der Waals surface area (Å²) in [6.07, 6.45) is 6.89. The summed E-state index contributed by atoms with van der Waals surface area (Å²) in [5.74, 6) is 1.01. The molecule has 0 atom stereocenters. The summed E-state index contributed by atoms with van der Waals surface area (Å²) in [5, 5.41) is 3.07. The van der Waals surface area contributed by atoms with Gasteiger partial charge < -0.3 is 10.2 Å². The number of carbonyl (C=O) groups is 1. The van der Waals surface area contributed by atoms with Gasteiger partial charge in [-0.3, -0.25) is 0 Å². The van der Waals surface area contributed by atoms with Crippen LogP contribution in [0, 0.1) is 0 Å². The van der Waals surface area contributed by atoms with E-state index >= 15 is 0 Å². The predicted molar refractivity (Wildman–Crippen MR) is 61.8 cm³/mol. The standard InChI is InChI=1S/C10H20N2OS/c1-12(7-8-14-2)10(13)11-9-5-3-4-6-9/h9H,3-8H2,1-2H3,(H,11,13). The summed E-state index contributed by atoms with van der Waals surface area (Å²) in [6, 6.07) is 0.519. The van der Waals surface area contributed by atoms with E-state index in [1.54, 1.807) is 16.7 Å². The van der Waals surface area contributed by atoms with E-state index in [1.807, 2.05) is 7.05 Å². The highest BCUT2D eigenvalue weighted by Gasteiger charge is 2.18. The SMILES string of the molecule is CSCCN(C)C(=O)NC1CCCC1. The molecule has 0 spiro atoms. The highest BCUT2D eigenvalue weighted by molar-refractivity contribution is 7.98. The second-order valence-corrected chi connectivity index (χ2v) is 4.83. The second kappa shape index (κ2) is 6.17. The number of carbonyl (C=O) groups excluding carboxylic acids is 1. The van der Waals surface area contributed by atoms with E-state index in [-0.39, 0.29) is 6.03 Å². The number of amides is 2. The van der Waals surface area contributed by atoms with Crippen molar-refractivity contribution in [2.45, 2.75) is 31.7 Å². The fraction of sp³-hybridized carbons (Fsp3) is 0.900. The topological polar surface area (TPSA) is 32.3 Å². The molecular weight excluding hydrogens is 196 g/mol. The van der Waals surface area contributed by atoms with E-state index < -0.39 is 0 Å². The number of nitrogens with one attached hydrogen (secondary N) is 1. The molecular formula is C10H20N2OS. The average molecular weight is 216 g/mol. The molecule has 2 amide bonds. The van der Waals surface area contributed by atoms with Crippen LogP contribution in [0.1, 0.15) is 25.7 Å². The zero-order valence-electron chi connectivity index (χ0n) is 9.08. The van der Waals surface area contributed by atoms with E-state index in [4.69, 9.17) is 0 Å². The summed E-state index contributed by atoms with van der Waals surface area (Å²) in [4.78, 5) is 13.4. The van der Waals surface area contributed by atoms with Gasteiger partial charge >= 0.3 is 6.03 Å². The van der Waals surface area contributed by atoms with Gasteiger partial charge in [0.15, 0.2) is 0 Å². The van der Waals surface area contributed by atoms with E-state index in [0.29, 0.717) is 6.04 Å². The Labute approximate surface area is 90.6 Å². The maximum Gasteiger partial charge on any atom is 0.317 e. The number of nitrogens with zero attached hydrogens (tertiary/aromatic N) is 1. The first-order valence-corrected chi connectivity index (χ1v) is 6.64. The maximum absolute atomic E-state index is 11.6. The molecule has 0 heterocycles. The van der Waals surface area contributed by atoms with Crippen molar-refractivity contribution in [2.75, 3.05) is 25.6 Å².